The van der Waals surface area contributed by atoms with Crippen molar-refractivity contribution in [3.8, 4) is 6.07 Å². The summed E-state index contributed by atoms with van der Waals surface area (Å²) in [5.74, 6) is 0. The van der Waals surface area contributed by atoms with E-state index < -0.39 is 30.5 Å². The summed E-state index contributed by atoms with van der Waals surface area (Å²) in [7, 11) is 0. The Hall–Kier alpha value is -0.670. The zero-order chi connectivity index (χ0) is 9.30. The summed E-state index contributed by atoms with van der Waals surface area (Å²) >= 11 is 0. The molecule has 0 amide bonds. The molecule has 1 aliphatic heterocycles. The molecule has 0 saturated carbocycles. The van der Waals surface area contributed by atoms with Gasteiger partial charge in [-0.2, -0.15) is 5.26 Å². The van der Waals surface area contributed by atoms with E-state index in [2.05, 4.69) is 0 Å². The molecule has 0 radical (unpaired) electrons. The molecule has 1 unspecified atom stereocenters. The first-order chi connectivity index (χ1) is 5.57. The van der Waals surface area contributed by atoms with E-state index in [-0.39, 0.29) is 0 Å². The molecule has 0 aromatic heterocycles. The molecule has 1 aliphatic rings. The first kappa shape index (κ1) is 9.42. The number of aliphatic hydroxyl groups excluding tert-OH is 2. The lowest BCUT2D eigenvalue weighted by molar-refractivity contribution is -0.156. The zero-order valence-electron chi connectivity index (χ0n) is 6.71. The van der Waals surface area contributed by atoms with Gasteiger partial charge in [0.1, 0.15) is 12.2 Å². The molecule has 0 bridgehead atoms. The first-order valence-corrected chi connectivity index (χ1v) is 3.74. The monoisotopic (exact) mass is 172 g/mol. The van der Waals surface area contributed by atoms with E-state index in [1.54, 1.807) is 6.92 Å². The Kier molecular flexibility index (Phi) is 2.65. The van der Waals surface area contributed by atoms with Crippen LogP contribution >= 0.6 is 0 Å². The van der Waals surface area contributed by atoms with Gasteiger partial charge in [0.25, 0.3) is 0 Å². The number of hydrogen-bond acceptors (Lipinski definition) is 5. The Bertz CT molecular complexity index is 203. The van der Waals surface area contributed by atoms with Crippen molar-refractivity contribution in [2.75, 3.05) is 0 Å². The third-order valence-corrected chi connectivity index (χ3v) is 2.06. The third kappa shape index (κ3) is 1.42. The predicted octanol–water partition coefficient (Wildman–Crippen LogP) is -1.65. The van der Waals surface area contributed by atoms with Gasteiger partial charge in [-0.15, -0.1) is 0 Å². The highest BCUT2D eigenvalue weighted by Crippen LogP contribution is 2.18. The van der Waals surface area contributed by atoms with Gasteiger partial charge in [-0.25, -0.2) is 0 Å². The van der Waals surface area contributed by atoms with Crippen molar-refractivity contribution in [3.63, 3.8) is 0 Å². The van der Waals surface area contributed by atoms with Crippen LogP contribution in [0.2, 0.25) is 0 Å². The molecule has 1 heterocycles. The van der Waals surface area contributed by atoms with Gasteiger partial charge in [0, 0.05) is 0 Å². The zero-order valence-corrected chi connectivity index (χ0v) is 6.71. The van der Waals surface area contributed by atoms with E-state index in [1.165, 1.54) is 0 Å². The van der Waals surface area contributed by atoms with Crippen molar-refractivity contribution < 1.29 is 14.9 Å². The molecule has 0 aromatic rings. The molecular formula is C7H12N2O3. The lowest BCUT2D eigenvalue weighted by Crippen LogP contribution is -2.59. The van der Waals surface area contributed by atoms with Crippen LogP contribution in [-0.4, -0.2) is 40.7 Å². The number of nitrogens with zero attached hydrogens (tertiary/aromatic N) is 1. The fraction of sp³-hybridized carbons (Fsp3) is 0.857. The molecule has 1 rings (SSSR count). The second-order valence-corrected chi connectivity index (χ2v) is 2.95. The van der Waals surface area contributed by atoms with Gasteiger partial charge in [-0.05, 0) is 6.92 Å². The Labute approximate surface area is 70.4 Å². The van der Waals surface area contributed by atoms with Gasteiger partial charge in [-0.1, -0.05) is 0 Å². The molecule has 0 aromatic carbocycles. The van der Waals surface area contributed by atoms with Crippen molar-refractivity contribution in [1.82, 2.24) is 0 Å². The van der Waals surface area contributed by atoms with Gasteiger partial charge >= 0.3 is 0 Å². The van der Waals surface area contributed by atoms with Crippen LogP contribution in [0.25, 0.3) is 0 Å². The van der Waals surface area contributed by atoms with E-state index >= 15 is 0 Å². The molecule has 4 N–H and O–H groups in total. The average molecular weight is 172 g/mol. The van der Waals surface area contributed by atoms with E-state index in [0.29, 0.717) is 0 Å². The number of hydrogen-bond donors (Lipinski definition) is 3. The van der Waals surface area contributed by atoms with Crippen LogP contribution in [0.5, 0.6) is 0 Å². The van der Waals surface area contributed by atoms with E-state index in [1.807, 2.05) is 6.07 Å². The normalized spacial score (nSPS) is 48.4. The van der Waals surface area contributed by atoms with Crippen LogP contribution in [0.4, 0.5) is 0 Å². The molecule has 1 fully saturated rings. The number of nitrogens with two attached hydrogens (primary N) is 1. The number of ether oxygens (including phenoxy) is 1. The lowest BCUT2D eigenvalue weighted by Gasteiger charge is -2.37. The highest BCUT2D eigenvalue weighted by Gasteiger charge is 2.40. The summed E-state index contributed by atoms with van der Waals surface area (Å²) in [6.07, 6.45) is -3.48. The van der Waals surface area contributed by atoms with Crippen molar-refractivity contribution >= 4 is 0 Å². The summed E-state index contributed by atoms with van der Waals surface area (Å²) in [4.78, 5) is 0. The van der Waals surface area contributed by atoms with Gasteiger partial charge in [0.2, 0.25) is 0 Å². The van der Waals surface area contributed by atoms with Gasteiger partial charge in [0.15, 0.2) is 6.10 Å². The Morgan fingerprint density at radius 1 is 1.42 bits per heavy atom. The molecule has 0 aliphatic carbocycles. The number of aliphatic hydroxyl groups is 2. The van der Waals surface area contributed by atoms with Crippen LogP contribution in [0.3, 0.4) is 0 Å². The number of nitriles is 1. The molecule has 5 nitrogen and oxygen atoms in total. The first-order valence-electron chi connectivity index (χ1n) is 3.74. The topological polar surface area (TPSA) is 99.5 Å². The van der Waals surface area contributed by atoms with Crippen LogP contribution in [0, 0.1) is 11.3 Å². The molecule has 5 atom stereocenters. The van der Waals surface area contributed by atoms with Crippen LogP contribution < -0.4 is 5.73 Å². The Balaban J connectivity index is 2.72. The molecular weight excluding hydrogens is 160 g/mol. The minimum Gasteiger partial charge on any atom is -0.389 e. The fourth-order valence-electron chi connectivity index (χ4n) is 1.20. The molecule has 12 heavy (non-hydrogen) atoms. The SMILES string of the molecule is C[C@H]1OC(C#N)[C@H](N)[C@@H](O)[C@H]1O. The smallest absolute Gasteiger partial charge is 0.162 e. The molecule has 5 heteroatoms. The number of rotatable bonds is 0. The highest BCUT2D eigenvalue weighted by molar-refractivity contribution is 5.02. The van der Waals surface area contributed by atoms with Crippen LogP contribution in [0.1, 0.15) is 6.92 Å². The highest BCUT2D eigenvalue weighted by atomic mass is 16.5. The van der Waals surface area contributed by atoms with Crippen molar-refractivity contribution in [2.24, 2.45) is 5.73 Å². The van der Waals surface area contributed by atoms with Gasteiger partial charge < -0.3 is 20.7 Å². The molecule has 68 valence electrons. The summed E-state index contributed by atoms with van der Waals surface area (Å²) in [5.41, 5.74) is 5.43. The second kappa shape index (κ2) is 3.37. The van der Waals surface area contributed by atoms with Crippen LogP contribution in [0.15, 0.2) is 0 Å². The Morgan fingerprint density at radius 3 is 2.50 bits per heavy atom. The van der Waals surface area contributed by atoms with E-state index in [9.17, 15) is 10.2 Å². The maximum Gasteiger partial charge on any atom is 0.162 e. The predicted molar refractivity (Wildman–Crippen MR) is 39.9 cm³/mol. The maximum atomic E-state index is 9.31. The second-order valence-electron chi connectivity index (χ2n) is 2.95. The van der Waals surface area contributed by atoms with Crippen molar-refractivity contribution in [2.45, 2.75) is 37.4 Å². The largest absolute Gasteiger partial charge is 0.389 e. The molecule has 0 spiro atoms. The summed E-state index contributed by atoms with van der Waals surface area (Å²) in [6, 6.07) is 0.984. The standard InChI is InChI=1S/C7H12N2O3/c1-3-6(10)7(11)5(9)4(2-8)12-3/h3-7,10-11H,9H2,1H3/t3-,4?,5+,6+,7-/m1/s1. The fourth-order valence-corrected chi connectivity index (χ4v) is 1.20. The van der Waals surface area contributed by atoms with Crippen molar-refractivity contribution in [3.05, 3.63) is 0 Å². The summed E-state index contributed by atoms with van der Waals surface area (Å²) in [5, 5.41) is 27.1. The van der Waals surface area contributed by atoms with E-state index in [4.69, 9.17) is 15.7 Å². The lowest BCUT2D eigenvalue weighted by atomic mass is 9.95. The summed E-state index contributed by atoms with van der Waals surface area (Å²) < 4.78 is 5.03. The van der Waals surface area contributed by atoms with E-state index in [0.717, 1.165) is 0 Å². The van der Waals surface area contributed by atoms with Crippen LogP contribution in [-0.2, 0) is 4.74 Å². The Morgan fingerprint density at radius 2 is 2.00 bits per heavy atom. The van der Waals surface area contributed by atoms with Gasteiger partial charge in [-0.3, -0.25) is 0 Å². The average Bonchev–Trinajstić information content (AvgIpc) is 2.08. The van der Waals surface area contributed by atoms with Crippen molar-refractivity contribution in [1.29, 1.82) is 5.26 Å². The molecule has 1 saturated heterocycles. The minimum absolute atomic E-state index is 0.551. The van der Waals surface area contributed by atoms with Gasteiger partial charge in [0.05, 0.1) is 18.2 Å². The quantitative estimate of drug-likeness (QED) is 0.406. The minimum atomic E-state index is -1.08. The summed E-state index contributed by atoms with van der Waals surface area (Å²) in [6.45, 7) is 1.59. The maximum absolute atomic E-state index is 9.31. The third-order valence-electron chi connectivity index (χ3n) is 2.06.